The molecule has 3 heterocycles. The lowest BCUT2D eigenvalue weighted by Gasteiger charge is -2.16. The highest BCUT2D eigenvalue weighted by molar-refractivity contribution is 6.34. The fourth-order valence-corrected chi connectivity index (χ4v) is 3.55. The van der Waals surface area contributed by atoms with E-state index in [1.54, 1.807) is 31.2 Å². The second-order valence-electron chi connectivity index (χ2n) is 6.80. The number of nitrogens with zero attached hydrogens (tertiary/aromatic N) is 4. The molecule has 2 amide bonds. The first-order valence-electron chi connectivity index (χ1n) is 9.45. The van der Waals surface area contributed by atoms with E-state index in [9.17, 15) is 19.8 Å². The van der Waals surface area contributed by atoms with E-state index >= 15 is 0 Å². The van der Waals surface area contributed by atoms with Crippen molar-refractivity contribution in [1.29, 1.82) is 0 Å². The number of imidazole rings is 1. The van der Waals surface area contributed by atoms with Gasteiger partial charge in [0.2, 0.25) is 0 Å². The maximum Gasteiger partial charge on any atom is 0.258 e. The number of aliphatic hydroxyl groups is 2. The summed E-state index contributed by atoms with van der Waals surface area (Å²) in [5, 5.41) is 26.2. The average molecular weight is 447 g/mol. The van der Waals surface area contributed by atoms with Crippen LogP contribution in [0.3, 0.4) is 0 Å². The van der Waals surface area contributed by atoms with E-state index in [0.29, 0.717) is 6.54 Å². The minimum absolute atomic E-state index is 0.127. The number of carbonyl (C=O) groups excluding carboxylic acids is 2. The summed E-state index contributed by atoms with van der Waals surface area (Å²) in [6, 6.07) is 6.55. The zero-order chi connectivity index (χ0) is 22.1. The van der Waals surface area contributed by atoms with Crippen molar-refractivity contribution >= 4 is 40.4 Å². The van der Waals surface area contributed by atoms with Crippen molar-refractivity contribution in [2.24, 2.45) is 0 Å². The van der Waals surface area contributed by atoms with Crippen molar-refractivity contribution in [1.82, 2.24) is 24.8 Å². The van der Waals surface area contributed by atoms with Gasteiger partial charge in [0.05, 0.1) is 16.9 Å². The van der Waals surface area contributed by atoms with Crippen molar-refractivity contribution in [3.8, 4) is 0 Å². The number of carbonyl (C=O) groups is 2. The molecule has 2 aromatic heterocycles. The highest BCUT2D eigenvalue weighted by atomic mass is 35.5. The molecule has 1 aliphatic heterocycles. The number of benzene rings is 1. The summed E-state index contributed by atoms with van der Waals surface area (Å²) >= 11 is 6.07. The van der Waals surface area contributed by atoms with Crippen molar-refractivity contribution < 1.29 is 24.5 Å². The van der Waals surface area contributed by atoms with Crippen LogP contribution < -0.4 is 10.6 Å². The summed E-state index contributed by atoms with van der Waals surface area (Å²) in [6.07, 6.45) is -2.67. The highest BCUT2D eigenvalue weighted by Crippen LogP contribution is 2.32. The van der Waals surface area contributed by atoms with E-state index in [4.69, 9.17) is 16.3 Å². The second-order valence-corrected chi connectivity index (χ2v) is 7.21. The van der Waals surface area contributed by atoms with Crippen LogP contribution in [-0.2, 0) is 9.53 Å². The fraction of sp³-hybridized carbons (Fsp3) is 0.316. The van der Waals surface area contributed by atoms with Crippen molar-refractivity contribution in [2.45, 2.75) is 31.5 Å². The number of amides is 2. The van der Waals surface area contributed by atoms with E-state index < -0.39 is 36.4 Å². The Bertz CT molecular complexity index is 1140. The second kappa shape index (κ2) is 8.55. The van der Waals surface area contributed by atoms with Gasteiger partial charge < -0.3 is 25.6 Å². The largest absolute Gasteiger partial charge is 0.387 e. The lowest BCUT2D eigenvalue weighted by Crippen LogP contribution is -2.42. The Kier molecular flexibility index (Phi) is 5.83. The average Bonchev–Trinajstić information content (AvgIpc) is 3.30. The van der Waals surface area contributed by atoms with Crippen LogP contribution in [0.2, 0.25) is 5.02 Å². The van der Waals surface area contributed by atoms with Gasteiger partial charge in [0, 0.05) is 6.54 Å². The van der Waals surface area contributed by atoms with Gasteiger partial charge in [0.25, 0.3) is 11.8 Å². The quantitative estimate of drug-likeness (QED) is 0.442. The first kappa shape index (κ1) is 21.1. The number of fused-ring (bicyclic) bond motifs is 1. The number of rotatable bonds is 5. The normalized spacial score (nSPS) is 23.1. The number of halogens is 1. The summed E-state index contributed by atoms with van der Waals surface area (Å²) in [5.41, 5.74) is 0.727. The van der Waals surface area contributed by atoms with Gasteiger partial charge in [0.15, 0.2) is 29.3 Å². The van der Waals surface area contributed by atoms with E-state index in [0.717, 1.165) is 0 Å². The topological polar surface area (TPSA) is 151 Å². The smallest absolute Gasteiger partial charge is 0.258 e. The number of aromatic nitrogens is 4. The molecule has 0 saturated carbocycles. The van der Waals surface area contributed by atoms with E-state index in [2.05, 4.69) is 25.6 Å². The van der Waals surface area contributed by atoms with E-state index in [-0.39, 0.29) is 27.6 Å². The molecule has 1 aromatic carbocycles. The molecule has 162 valence electrons. The molecule has 31 heavy (non-hydrogen) atoms. The zero-order valence-corrected chi connectivity index (χ0v) is 17.0. The van der Waals surface area contributed by atoms with Crippen LogP contribution in [0.5, 0.6) is 0 Å². The Hall–Kier alpha value is -3.12. The number of anilines is 1. The van der Waals surface area contributed by atoms with Gasteiger partial charge in [-0.05, 0) is 19.1 Å². The van der Waals surface area contributed by atoms with Crippen LogP contribution in [0.1, 0.15) is 23.5 Å². The lowest BCUT2D eigenvalue weighted by atomic mass is 10.1. The standard InChI is InChI=1S/C19H19ClN6O5/c1-2-21-18(30)14-12(27)13(28)19(31-14)26-8-24-11-15(22-7-23-16(11)26)25-17(29)9-5-3-4-6-10(9)20/h3-8,12-14,19,27-28H,2H2,1H3,(H,21,30)(H,22,23,25,29)/t12-,13+,14-,19+/m0/s1. The Morgan fingerprint density at radius 1 is 1.19 bits per heavy atom. The molecule has 0 spiro atoms. The molecule has 1 aliphatic rings. The van der Waals surface area contributed by atoms with Crippen LogP contribution in [0.25, 0.3) is 11.2 Å². The molecule has 4 atom stereocenters. The van der Waals surface area contributed by atoms with Crippen molar-refractivity contribution in [3.05, 3.63) is 47.5 Å². The SMILES string of the molecule is CCNC(=O)[C@H]1O[C@@H](n2cnc3c(NC(=O)c4ccccc4Cl)ncnc32)[C@H](O)[C@@H]1O. The first-order valence-corrected chi connectivity index (χ1v) is 9.83. The predicted molar refractivity (Wildman–Crippen MR) is 109 cm³/mol. The Morgan fingerprint density at radius 3 is 2.71 bits per heavy atom. The minimum Gasteiger partial charge on any atom is -0.387 e. The molecule has 0 unspecified atom stereocenters. The van der Waals surface area contributed by atoms with Gasteiger partial charge in [-0.2, -0.15) is 0 Å². The molecule has 1 fully saturated rings. The van der Waals surface area contributed by atoms with Gasteiger partial charge in [0.1, 0.15) is 18.5 Å². The van der Waals surface area contributed by atoms with Crippen molar-refractivity contribution in [3.63, 3.8) is 0 Å². The molecule has 4 rings (SSSR count). The van der Waals surface area contributed by atoms with Crippen LogP contribution >= 0.6 is 11.6 Å². The maximum atomic E-state index is 12.6. The summed E-state index contributed by atoms with van der Waals surface area (Å²) in [4.78, 5) is 37.1. The third-order valence-electron chi connectivity index (χ3n) is 4.83. The molecule has 3 aromatic rings. The molecule has 11 nitrogen and oxygen atoms in total. The summed E-state index contributed by atoms with van der Waals surface area (Å²) < 4.78 is 6.97. The van der Waals surface area contributed by atoms with Gasteiger partial charge in [-0.15, -0.1) is 0 Å². The predicted octanol–water partition coefficient (Wildman–Crippen LogP) is 0.487. The summed E-state index contributed by atoms with van der Waals surface area (Å²) in [7, 11) is 0. The fourth-order valence-electron chi connectivity index (χ4n) is 3.33. The summed E-state index contributed by atoms with van der Waals surface area (Å²) in [5.74, 6) is -0.894. The lowest BCUT2D eigenvalue weighted by molar-refractivity contribution is -0.137. The van der Waals surface area contributed by atoms with E-state index in [1.165, 1.54) is 17.2 Å². The van der Waals surface area contributed by atoms with E-state index in [1.807, 2.05) is 0 Å². The minimum atomic E-state index is -1.43. The molecule has 0 aliphatic carbocycles. The molecular weight excluding hydrogens is 428 g/mol. The Labute approximate surface area is 181 Å². The third-order valence-corrected chi connectivity index (χ3v) is 5.16. The molecule has 4 N–H and O–H groups in total. The molecule has 12 heteroatoms. The van der Waals surface area contributed by atoms with Crippen LogP contribution in [0.15, 0.2) is 36.9 Å². The van der Waals surface area contributed by atoms with Crippen LogP contribution in [-0.4, -0.2) is 66.4 Å². The van der Waals surface area contributed by atoms with Crippen LogP contribution in [0.4, 0.5) is 5.82 Å². The van der Waals surface area contributed by atoms with Gasteiger partial charge in [-0.1, -0.05) is 23.7 Å². The zero-order valence-electron chi connectivity index (χ0n) is 16.3. The van der Waals surface area contributed by atoms with Crippen LogP contribution in [0, 0.1) is 0 Å². The molecule has 1 saturated heterocycles. The maximum absolute atomic E-state index is 12.6. The number of ether oxygens (including phenoxy) is 1. The summed E-state index contributed by atoms with van der Waals surface area (Å²) in [6.45, 7) is 2.08. The highest BCUT2D eigenvalue weighted by Gasteiger charge is 2.47. The first-order chi connectivity index (χ1) is 14.9. The number of aliphatic hydroxyl groups excluding tert-OH is 2. The number of hydrogen-bond acceptors (Lipinski definition) is 8. The molecule has 0 radical (unpaired) electrons. The Balaban J connectivity index is 1.63. The number of nitrogens with one attached hydrogen (secondary N) is 2. The Morgan fingerprint density at radius 2 is 1.97 bits per heavy atom. The molecule has 0 bridgehead atoms. The van der Waals surface area contributed by atoms with Gasteiger partial charge in [-0.3, -0.25) is 14.2 Å². The van der Waals surface area contributed by atoms with Crippen molar-refractivity contribution in [2.75, 3.05) is 11.9 Å². The number of hydrogen-bond donors (Lipinski definition) is 4. The third kappa shape index (κ3) is 3.83. The van der Waals surface area contributed by atoms with Gasteiger partial charge >= 0.3 is 0 Å². The van der Waals surface area contributed by atoms with Gasteiger partial charge in [-0.25, -0.2) is 15.0 Å². The molecular formula is C19H19ClN6O5. The number of likely N-dealkylation sites (N-methyl/N-ethyl adjacent to an activating group) is 1. The monoisotopic (exact) mass is 446 g/mol.